The maximum absolute atomic E-state index is 12.3. The van der Waals surface area contributed by atoms with Crippen molar-refractivity contribution in [3.05, 3.63) is 29.3 Å². The summed E-state index contributed by atoms with van der Waals surface area (Å²) in [5.74, 6) is 2.57. The molecule has 1 rings (SSSR count). The van der Waals surface area contributed by atoms with Gasteiger partial charge in [0.15, 0.2) is 0 Å². The van der Waals surface area contributed by atoms with Crippen molar-refractivity contribution in [2.45, 2.75) is 46.6 Å². The maximum Gasteiger partial charge on any atom is 0.414 e. The number of ether oxygens (including phenoxy) is 1. The summed E-state index contributed by atoms with van der Waals surface area (Å²) in [6.45, 7) is 10.0. The van der Waals surface area contributed by atoms with E-state index in [2.05, 4.69) is 12.0 Å². The van der Waals surface area contributed by atoms with Crippen LogP contribution in [0.1, 0.15) is 38.3 Å². The zero-order chi connectivity index (χ0) is 15.3. The molecule has 0 aliphatic heterocycles. The van der Waals surface area contributed by atoms with Gasteiger partial charge >= 0.3 is 6.09 Å². The fourth-order valence-electron chi connectivity index (χ4n) is 1.93. The molecule has 0 aliphatic rings. The van der Waals surface area contributed by atoms with Gasteiger partial charge in [0.2, 0.25) is 0 Å². The highest BCUT2D eigenvalue weighted by molar-refractivity contribution is 5.88. The molecule has 0 bridgehead atoms. The topological polar surface area (TPSA) is 29.5 Å². The van der Waals surface area contributed by atoms with E-state index >= 15 is 0 Å². The minimum absolute atomic E-state index is 0.363. The van der Waals surface area contributed by atoms with Crippen LogP contribution in [-0.2, 0) is 4.74 Å². The molecular weight excluding hydrogens is 250 g/mol. The lowest BCUT2D eigenvalue weighted by atomic mass is 10.1. The number of rotatable bonds is 3. The number of hydrogen-bond donors (Lipinski definition) is 0. The number of carbonyl (C=O) groups is 1. The van der Waals surface area contributed by atoms with E-state index in [0.29, 0.717) is 13.0 Å². The van der Waals surface area contributed by atoms with Gasteiger partial charge in [0, 0.05) is 18.7 Å². The van der Waals surface area contributed by atoms with E-state index in [0.717, 1.165) is 16.8 Å². The summed E-state index contributed by atoms with van der Waals surface area (Å²) in [5, 5.41) is 0. The predicted molar refractivity (Wildman–Crippen MR) is 82.9 cm³/mol. The molecule has 0 atom stereocenters. The number of terminal acetylenes is 1. The lowest BCUT2D eigenvalue weighted by molar-refractivity contribution is 0.0581. The molecule has 0 unspecified atom stereocenters. The summed E-state index contributed by atoms with van der Waals surface area (Å²) in [7, 11) is 0. The second-order valence-electron chi connectivity index (χ2n) is 5.93. The average molecular weight is 273 g/mol. The Labute approximate surface area is 121 Å². The van der Waals surface area contributed by atoms with Crippen LogP contribution < -0.4 is 4.90 Å². The molecule has 0 N–H and O–H groups in total. The van der Waals surface area contributed by atoms with E-state index in [-0.39, 0.29) is 6.09 Å². The van der Waals surface area contributed by atoms with Crippen LogP contribution in [0.2, 0.25) is 0 Å². The van der Waals surface area contributed by atoms with Gasteiger partial charge in [-0.25, -0.2) is 4.79 Å². The normalized spacial score (nSPS) is 10.8. The Balaban J connectivity index is 3.05. The average Bonchev–Trinajstić information content (AvgIpc) is 2.25. The molecule has 0 radical (unpaired) electrons. The highest BCUT2D eigenvalue weighted by atomic mass is 16.6. The molecular formula is C17H23NO2. The first-order chi connectivity index (χ1) is 9.23. The molecule has 108 valence electrons. The largest absolute Gasteiger partial charge is 0.443 e. The second-order valence-corrected chi connectivity index (χ2v) is 5.93. The van der Waals surface area contributed by atoms with Crippen LogP contribution in [0, 0.1) is 26.2 Å². The van der Waals surface area contributed by atoms with Crippen LogP contribution >= 0.6 is 0 Å². The van der Waals surface area contributed by atoms with E-state index in [9.17, 15) is 4.79 Å². The van der Waals surface area contributed by atoms with E-state index in [1.165, 1.54) is 0 Å². The Hall–Kier alpha value is -1.95. The number of nitrogens with zero attached hydrogens (tertiary/aromatic N) is 1. The molecule has 0 aliphatic carbocycles. The van der Waals surface area contributed by atoms with Crippen LogP contribution in [0.25, 0.3) is 0 Å². The molecule has 0 heterocycles. The molecule has 0 saturated heterocycles. The minimum Gasteiger partial charge on any atom is -0.443 e. The Bertz CT molecular complexity index is 501. The number of aryl methyl sites for hydroxylation is 2. The molecule has 0 aromatic heterocycles. The minimum atomic E-state index is -0.523. The van der Waals surface area contributed by atoms with Gasteiger partial charge in [0.05, 0.1) is 0 Å². The standard InChI is InChI=1S/C17H23NO2/c1-7-8-9-18(16(19)20-17(4,5)6)15-11-13(2)10-14(3)12-15/h1,10-12H,8-9H2,2-6H3. The summed E-state index contributed by atoms with van der Waals surface area (Å²) < 4.78 is 5.45. The molecule has 3 nitrogen and oxygen atoms in total. The van der Waals surface area contributed by atoms with Crippen molar-refractivity contribution in [2.75, 3.05) is 11.4 Å². The highest BCUT2D eigenvalue weighted by Crippen LogP contribution is 2.21. The Morgan fingerprint density at radius 1 is 1.25 bits per heavy atom. The van der Waals surface area contributed by atoms with Crippen molar-refractivity contribution in [1.29, 1.82) is 0 Å². The number of hydrogen-bond acceptors (Lipinski definition) is 2. The first-order valence-electron chi connectivity index (χ1n) is 6.75. The van der Waals surface area contributed by atoms with Crippen molar-refractivity contribution in [3.63, 3.8) is 0 Å². The van der Waals surface area contributed by atoms with Crippen molar-refractivity contribution in [1.82, 2.24) is 0 Å². The van der Waals surface area contributed by atoms with E-state index < -0.39 is 5.60 Å². The fraction of sp³-hybridized carbons (Fsp3) is 0.471. The smallest absolute Gasteiger partial charge is 0.414 e. The Morgan fingerprint density at radius 2 is 1.80 bits per heavy atom. The molecule has 0 spiro atoms. The highest BCUT2D eigenvalue weighted by Gasteiger charge is 2.23. The quantitative estimate of drug-likeness (QED) is 0.777. The van der Waals surface area contributed by atoms with Gasteiger partial charge in [-0.3, -0.25) is 4.90 Å². The first kappa shape index (κ1) is 16.1. The van der Waals surface area contributed by atoms with Crippen molar-refractivity contribution >= 4 is 11.8 Å². The zero-order valence-corrected chi connectivity index (χ0v) is 13.0. The number of anilines is 1. The third-order valence-corrected chi connectivity index (χ3v) is 2.61. The van der Waals surface area contributed by atoms with Gasteiger partial charge in [-0.2, -0.15) is 0 Å². The lowest BCUT2D eigenvalue weighted by Crippen LogP contribution is -2.37. The van der Waals surface area contributed by atoms with E-state index in [1.54, 1.807) is 4.90 Å². The Kier molecular flexibility index (Phi) is 5.21. The third kappa shape index (κ3) is 4.97. The molecule has 3 heteroatoms. The van der Waals surface area contributed by atoms with Crippen LogP contribution in [0.5, 0.6) is 0 Å². The number of amides is 1. The second kappa shape index (κ2) is 6.47. The van der Waals surface area contributed by atoms with Crippen LogP contribution in [0.3, 0.4) is 0 Å². The van der Waals surface area contributed by atoms with Gasteiger partial charge in [-0.05, 0) is 57.9 Å². The summed E-state index contributed by atoms with van der Waals surface area (Å²) in [5.41, 5.74) is 2.51. The molecule has 0 fully saturated rings. The van der Waals surface area contributed by atoms with Crippen molar-refractivity contribution in [3.8, 4) is 12.3 Å². The van der Waals surface area contributed by atoms with Gasteiger partial charge in [-0.15, -0.1) is 12.3 Å². The van der Waals surface area contributed by atoms with E-state index in [4.69, 9.17) is 11.2 Å². The number of carbonyl (C=O) groups excluding carboxylic acids is 1. The molecule has 0 saturated carbocycles. The van der Waals surface area contributed by atoms with Crippen LogP contribution in [0.4, 0.5) is 10.5 Å². The van der Waals surface area contributed by atoms with Gasteiger partial charge in [0.25, 0.3) is 0 Å². The van der Waals surface area contributed by atoms with Crippen LogP contribution in [0.15, 0.2) is 18.2 Å². The first-order valence-corrected chi connectivity index (χ1v) is 6.75. The summed E-state index contributed by atoms with van der Waals surface area (Å²) in [6, 6.07) is 6.00. The van der Waals surface area contributed by atoms with Gasteiger partial charge < -0.3 is 4.74 Å². The van der Waals surface area contributed by atoms with E-state index in [1.807, 2.05) is 46.8 Å². The molecule has 20 heavy (non-hydrogen) atoms. The number of benzene rings is 1. The molecule has 1 aromatic rings. The molecule has 1 aromatic carbocycles. The summed E-state index contributed by atoms with van der Waals surface area (Å²) in [6.07, 6.45) is 5.44. The van der Waals surface area contributed by atoms with Gasteiger partial charge in [0.1, 0.15) is 5.60 Å². The lowest BCUT2D eigenvalue weighted by Gasteiger charge is -2.27. The SMILES string of the molecule is C#CCCN(C(=O)OC(C)(C)C)c1cc(C)cc(C)c1. The predicted octanol–water partition coefficient (Wildman–Crippen LogP) is 4.07. The maximum atomic E-state index is 12.3. The van der Waals surface area contributed by atoms with Crippen molar-refractivity contribution in [2.24, 2.45) is 0 Å². The Morgan fingerprint density at radius 3 is 2.25 bits per heavy atom. The molecule has 1 amide bonds. The fourth-order valence-corrected chi connectivity index (χ4v) is 1.93. The van der Waals surface area contributed by atoms with Crippen LogP contribution in [-0.4, -0.2) is 18.2 Å². The summed E-state index contributed by atoms with van der Waals surface area (Å²) in [4.78, 5) is 13.9. The zero-order valence-electron chi connectivity index (χ0n) is 13.0. The summed E-state index contributed by atoms with van der Waals surface area (Å²) >= 11 is 0. The monoisotopic (exact) mass is 273 g/mol. The van der Waals surface area contributed by atoms with Crippen molar-refractivity contribution < 1.29 is 9.53 Å². The van der Waals surface area contributed by atoms with Gasteiger partial charge in [-0.1, -0.05) is 6.07 Å². The third-order valence-electron chi connectivity index (χ3n) is 2.61.